The summed E-state index contributed by atoms with van der Waals surface area (Å²) in [5, 5.41) is 3.54. The summed E-state index contributed by atoms with van der Waals surface area (Å²) in [6.45, 7) is 15.4. The standard InChI is InChI=1S/C13H28N2/c1-12-5-9-15(11-12)10-8-14-7-6-13(2,3)4/h12,14H,5-11H2,1-4H3. The minimum atomic E-state index is 0.467. The fourth-order valence-corrected chi connectivity index (χ4v) is 2.05. The van der Waals surface area contributed by atoms with E-state index >= 15 is 0 Å². The third-order valence-electron chi connectivity index (χ3n) is 3.16. The molecule has 1 aliphatic heterocycles. The Bertz CT molecular complexity index is 172. The van der Waals surface area contributed by atoms with E-state index in [2.05, 4.69) is 37.9 Å². The Labute approximate surface area is 95.4 Å². The molecule has 15 heavy (non-hydrogen) atoms. The zero-order valence-electron chi connectivity index (χ0n) is 11.0. The summed E-state index contributed by atoms with van der Waals surface area (Å²) in [4.78, 5) is 2.58. The molecular formula is C13H28N2. The van der Waals surface area contributed by atoms with Gasteiger partial charge >= 0.3 is 0 Å². The number of hydrogen-bond donors (Lipinski definition) is 1. The Morgan fingerprint density at radius 2 is 2.00 bits per heavy atom. The van der Waals surface area contributed by atoms with Crippen molar-refractivity contribution < 1.29 is 0 Å². The molecule has 0 amide bonds. The molecule has 1 rings (SSSR count). The third kappa shape index (κ3) is 6.16. The maximum absolute atomic E-state index is 3.54. The van der Waals surface area contributed by atoms with Crippen LogP contribution in [0.15, 0.2) is 0 Å². The van der Waals surface area contributed by atoms with E-state index in [9.17, 15) is 0 Å². The lowest BCUT2D eigenvalue weighted by atomic mass is 9.92. The van der Waals surface area contributed by atoms with Crippen molar-refractivity contribution in [2.24, 2.45) is 11.3 Å². The number of rotatable bonds is 5. The average Bonchev–Trinajstić information content (AvgIpc) is 2.49. The molecule has 1 heterocycles. The first-order valence-corrected chi connectivity index (χ1v) is 6.40. The minimum Gasteiger partial charge on any atom is -0.315 e. The van der Waals surface area contributed by atoms with Crippen LogP contribution < -0.4 is 5.32 Å². The second kappa shape index (κ2) is 5.86. The van der Waals surface area contributed by atoms with Gasteiger partial charge in [-0.3, -0.25) is 0 Å². The first-order valence-electron chi connectivity index (χ1n) is 6.40. The molecule has 2 heteroatoms. The predicted molar refractivity (Wildman–Crippen MR) is 67.2 cm³/mol. The molecule has 0 saturated carbocycles. The number of nitrogens with zero attached hydrogens (tertiary/aromatic N) is 1. The molecule has 1 saturated heterocycles. The van der Waals surface area contributed by atoms with Crippen molar-refractivity contribution in [3.05, 3.63) is 0 Å². The van der Waals surface area contributed by atoms with Crippen LogP contribution in [0.1, 0.15) is 40.5 Å². The van der Waals surface area contributed by atoms with Crippen molar-refractivity contribution in [1.82, 2.24) is 10.2 Å². The zero-order chi connectivity index (χ0) is 11.3. The fourth-order valence-electron chi connectivity index (χ4n) is 2.05. The summed E-state index contributed by atoms with van der Waals surface area (Å²) in [6, 6.07) is 0. The van der Waals surface area contributed by atoms with Gasteiger partial charge < -0.3 is 10.2 Å². The lowest BCUT2D eigenvalue weighted by molar-refractivity contribution is 0.315. The van der Waals surface area contributed by atoms with Crippen molar-refractivity contribution in [3.8, 4) is 0 Å². The van der Waals surface area contributed by atoms with Crippen molar-refractivity contribution in [3.63, 3.8) is 0 Å². The first kappa shape index (κ1) is 13.0. The van der Waals surface area contributed by atoms with Gasteiger partial charge in [0.05, 0.1) is 0 Å². The molecule has 0 aromatic rings. The summed E-state index contributed by atoms with van der Waals surface area (Å²) < 4.78 is 0. The largest absolute Gasteiger partial charge is 0.315 e. The Kier molecular flexibility index (Phi) is 5.07. The highest BCUT2D eigenvalue weighted by Gasteiger charge is 2.17. The van der Waals surface area contributed by atoms with E-state index in [-0.39, 0.29) is 0 Å². The van der Waals surface area contributed by atoms with Crippen molar-refractivity contribution in [2.75, 3.05) is 32.7 Å². The van der Waals surface area contributed by atoms with Crippen molar-refractivity contribution in [2.45, 2.75) is 40.5 Å². The van der Waals surface area contributed by atoms with Gasteiger partial charge in [-0.1, -0.05) is 27.7 Å². The van der Waals surface area contributed by atoms with E-state index in [0.29, 0.717) is 5.41 Å². The smallest absolute Gasteiger partial charge is 0.0107 e. The van der Waals surface area contributed by atoms with Gasteiger partial charge in [-0.15, -0.1) is 0 Å². The molecule has 1 aliphatic rings. The Morgan fingerprint density at radius 1 is 1.27 bits per heavy atom. The van der Waals surface area contributed by atoms with Crippen LogP contribution in [0, 0.1) is 11.3 Å². The Balaban J connectivity index is 1.93. The van der Waals surface area contributed by atoms with Gasteiger partial charge in [0.15, 0.2) is 0 Å². The van der Waals surface area contributed by atoms with Gasteiger partial charge in [0.2, 0.25) is 0 Å². The van der Waals surface area contributed by atoms with E-state index in [1.54, 1.807) is 0 Å². The van der Waals surface area contributed by atoms with Crippen LogP contribution >= 0.6 is 0 Å². The van der Waals surface area contributed by atoms with E-state index in [1.165, 1.54) is 32.5 Å². The lowest BCUT2D eigenvalue weighted by Gasteiger charge is -2.19. The topological polar surface area (TPSA) is 15.3 Å². The van der Waals surface area contributed by atoms with Crippen LogP contribution in [0.4, 0.5) is 0 Å². The van der Waals surface area contributed by atoms with Gasteiger partial charge in [-0.05, 0) is 37.3 Å². The molecule has 1 fully saturated rings. The lowest BCUT2D eigenvalue weighted by Crippen LogP contribution is -2.31. The second-order valence-corrected chi connectivity index (χ2v) is 6.26. The van der Waals surface area contributed by atoms with Crippen LogP contribution in [0.25, 0.3) is 0 Å². The van der Waals surface area contributed by atoms with Crippen LogP contribution in [0.5, 0.6) is 0 Å². The molecule has 0 radical (unpaired) electrons. The summed E-state index contributed by atoms with van der Waals surface area (Å²) in [5.74, 6) is 0.916. The molecule has 0 aromatic heterocycles. The molecule has 0 aliphatic carbocycles. The number of likely N-dealkylation sites (tertiary alicyclic amines) is 1. The molecule has 1 atom stereocenters. The maximum Gasteiger partial charge on any atom is 0.0107 e. The molecule has 0 bridgehead atoms. The Hall–Kier alpha value is -0.0800. The Morgan fingerprint density at radius 3 is 2.53 bits per heavy atom. The zero-order valence-corrected chi connectivity index (χ0v) is 11.0. The highest BCUT2D eigenvalue weighted by molar-refractivity contribution is 4.72. The molecule has 0 spiro atoms. The fraction of sp³-hybridized carbons (Fsp3) is 1.00. The highest BCUT2D eigenvalue weighted by Crippen LogP contribution is 2.17. The molecule has 1 N–H and O–H groups in total. The van der Waals surface area contributed by atoms with Gasteiger partial charge in [0.1, 0.15) is 0 Å². The van der Waals surface area contributed by atoms with Crippen molar-refractivity contribution >= 4 is 0 Å². The second-order valence-electron chi connectivity index (χ2n) is 6.26. The van der Waals surface area contributed by atoms with Crippen LogP contribution in [0.3, 0.4) is 0 Å². The quantitative estimate of drug-likeness (QED) is 0.704. The number of nitrogens with one attached hydrogen (secondary N) is 1. The normalized spacial score (nSPS) is 23.6. The van der Waals surface area contributed by atoms with E-state index in [0.717, 1.165) is 19.0 Å². The van der Waals surface area contributed by atoms with E-state index in [4.69, 9.17) is 0 Å². The van der Waals surface area contributed by atoms with Crippen LogP contribution in [0.2, 0.25) is 0 Å². The summed E-state index contributed by atoms with van der Waals surface area (Å²) >= 11 is 0. The van der Waals surface area contributed by atoms with Gasteiger partial charge in [-0.2, -0.15) is 0 Å². The summed E-state index contributed by atoms with van der Waals surface area (Å²) in [6.07, 6.45) is 2.66. The maximum atomic E-state index is 3.54. The average molecular weight is 212 g/mol. The SMILES string of the molecule is CC1CCN(CCNCCC(C)(C)C)C1. The number of hydrogen-bond acceptors (Lipinski definition) is 2. The first-order chi connectivity index (χ1) is 6.97. The minimum absolute atomic E-state index is 0.467. The predicted octanol–water partition coefficient (Wildman–Crippen LogP) is 2.35. The van der Waals surface area contributed by atoms with Gasteiger partial charge in [0.25, 0.3) is 0 Å². The molecule has 1 unspecified atom stereocenters. The molecule has 2 nitrogen and oxygen atoms in total. The van der Waals surface area contributed by atoms with Crippen LogP contribution in [-0.4, -0.2) is 37.6 Å². The molecular weight excluding hydrogens is 184 g/mol. The molecule has 90 valence electrons. The van der Waals surface area contributed by atoms with E-state index in [1.807, 2.05) is 0 Å². The highest BCUT2D eigenvalue weighted by atomic mass is 15.2. The third-order valence-corrected chi connectivity index (χ3v) is 3.16. The summed E-state index contributed by atoms with van der Waals surface area (Å²) in [5.41, 5.74) is 0.467. The summed E-state index contributed by atoms with van der Waals surface area (Å²) in [7, 11) is 0. The monoisotopic (exact) mass is 212 g/mol. The van der Waals surface area contributed by atoms with Crippen molar-refractivity contribution in [1.29, 1.82) is 0 Å². The van der Waals surface area contributed by atoms with Gasteiger partial charge in [-0.25, -0.2) is 0 Å². The molecule has 0 aromatic carbocycles. The van der Waals surface area contributed by atoms with E-state index < -0.39 is 0 Å². The van der Waals surface area contributed by atoms with Gasteiger partial charge in [0, 0.05) is 19.6 Å². The van der Waals surface area contributed by atoms with Crippen LogP contribution in [-0.2, 0) is 0 Å².